The Morgan fingerprint density at radius 2 is 1.86 bits per heavy atom. The van der Waals surface area contributed by atoms with Gasteiger partial charge in [-0.3, -0.25) is 0 Å². The molecule has 0 unspecified atom stereocenters. The van der Waals surface area contributed by atoms with Crippen LogP contribution in [0.4, 0.5) is 13.2 Å². The van der Waals surface area contributed by atoms with E-state index in [0.29, 0.717) is 17.1 Å². The number of halogens is 3. The lowest BCUT2D eigenvalue weighted by Crippen LogP contribution is -2.16. The maximum absolute atomic E-state index is 12.1. The van der Waals surface area contributed by atoms with E-state index in [1.807, 2.05) is 0 Å². The fraction of sp³-hybridized carbons (Fsp3) is 0.154. The first-order chi connectivity index (χ1) is 10.4. The summed E-state index contributed by atoms with van der Waals surface area (Å²) in [7, 11) is 0. The molecule has 0 aliphatic rings. The summed E-state index contributed by atoms with van der Waals surface area (Å²) < 4.78 is 45.1. The number of nitrogens with zero attached hydrogens (tertiary/aromatic N) is 3. The zero-order valence-corrected chi connectivity index (χ0v) is 11.2. The van der Waals surface area contributed by atoms with Gasteiger partial charge in [0.15, 0.2) is 0 Å². The van der Waals surface area contributed by atoms with Crippen molar-refractivity contribution in [2.75, 3.05) is 0 Å². The SMILES string of the molecule is Cc1nc(-c2nc(-c3ccc(OC(F)(F)F)cc3)no2)c[nH]1. The van der Waals surface area contributed by atoms with Gasteiger partial charge in [-0.1, -0.05) is 5.16 Å². The number of benzene rings is 1. The number of nitrogens with one attached hydrogen (secondary N) is 1. The van der Waals surface area contributed by atoms with E-state index in [9.17, 15) is 13.2 Å². The van der Waals surface area contributed by atoms with Gasteiger partial charge in [-0.05, 0) is 31.2 Å². The van der Waals surface area contributed by atoms with Gasteiger partial charge in [-0.15, -0.1) is 13.2 Å². The standard InChI is InChI=1S/C13H9F3N4O2/c1-7-17-6-10(18-7)12-19-11(20-22-12)8-2-4-9(5-3-8)21-13(14,15)16/h2-6H,1H3,(H,17,18). The van der Waals surface area contributed by atoms with Gasteiger partial charge in [0.05, 0.1) is 0 Å². The molecule has 6 nitrogen and oxygen atoms in total. The van der Waals surface area contributed by atoms with Crippen LogP contribution in [-0.2, 0) is 0 Å². The molecule has 1 N–H and O–H groups in total. The molecule has 3 aromatic rings. The average Bonchev–Trinajstić information content (AvgIpc) is 3.06. The summed E-state index contributed by atoms with van der Waals surface area (Å²) in [4.78, 5) is 11.2. The van der Waals surface area contributed by atoms with Gasteiger partial charge in [0.25, 0.3) is 5.89 Å². The Labute approximate surface area is 121 Å². The molecular weight excluding hydrogens is 301 g/mol. The third-order valence-electron chi connectivity index (χ3n) is 2.70. The quantitative estimate of drug-likeness (QED) is 0.803. The van der Waals surface area contributed by atoms with Gasteiger partial charge < -0.3 is 14.2 Å². The first-order valence-electron chi connectivity index (χ1n) is 6.13. The number of aromatic amines is 1. The Morgan fingerprint density at radius 3 is 2.45 bits per heavy atom. The van der Waals surface area contributed by atoms with Crippen molar-refractivity contribution in [2.24, 2.45) is 0 Å². The summed E-state index contributed by atoms with van der Waals surface area (Å²) in [5, 5.41) is 3.77. The molecule has 3 rings (SSSR count). The minimum absolute atomic E-state index is 0.218. The molecule has 1 aromatic carbocycles. The van der Waals surface area contributed by atoms with Crippen LogP contribution in [0.5, 0.6) is 5.75 Å². The molecule has 2 aromatic heterocycles. The third-order valence-corrected chi connectivity index (χ3v) is 2.70. The largest absolute Gasteiger partial charge is 0.573 e. The summed E-state index contributed by atoms with van der Waals surface area (Å²) in [6.45, 7) is 1.78. The molecule has 0 aliphatic carbocycles. The molecule has 0 amide bonds. The van der Waals surface area contributed by atoms with Crippen molar-refractivity contribution in [1.29, 1.82) is 0 Å². The zero-order valence-electron chi connectivity index (χ0n) is 11.2. The van der Waals surface area contributed by atoms with E-state index < -0.39 is 6.36 Å². The Balaban J connectivity index is 1.81. The van der Waals surface area contributed by atoms with Gasteiger partial charge in [0, 0.05) is 11.8 Å². The van der Waals surface area contributed by atoms with Crippen molar-refractivity contribution < 1.29 is 22.4 Å². The van der Waals surface area contributed by atoms with Gasteiger partial charge in [-0.2, -0.15) is 4.98 Å². The molecule has 114 valence electrons. The zero-order chi connectivity index (χ0) is 15.7. The van der Waals surface area contributed by atoms with E-state index in [4.69, 9.17) is 4.52 Å². The highest BCUT2D eigenvalue weighted by Crippen LogP contribution is 2.26. The van der Waals surface area contributed by atoms with E-state index >= 15 is 0 Å². The smallest absolute Gasteiger partial charge is 0.406 e. The van der Waals surface area contributed by atoms with Crippen molar-refractivity contribution in [2.45, 2.75) is 13.3 Å². The predicted octanol–water partition coefficient (Wildman–Crippen LogP) is 3.33. The highest BCUT2D eigenvalue weighted by Gasteiger charge is 2.31. The Morgan fingerprint density at radius 1 is 1.14 bits per heavy atom. The van der Waals surface area contributed by atoms with E-state index in [1.54, 1.807) is 13.1 Å². The maximum Gasteiger partial charge on any atom is 0.573 e. The molecular formula is C13H9F3N4O2. The monoisotopic (exact) mass is 310 g/mol. The second-order valence-corrected chi connectivity index (χ2v) is 4.37. The van der Waals surface area contributed by atoms with Crippen molar-refractivity contribution >= 4 is 0 Å². The Bertz CT molecular complexity index is 777. The fourth-order valence-corrected chi connectivity index (χ4v) is 1.78. The normalized spacial score (nSPS) is 11.6. The fourth-order valence-electron chi connectivity index (χ4n) is 1.78. The van der Waals surface area contributed by atoms with Crippen LogP contribution in [0.2, 0.25) is 0 Å². The lowest BCUT2D eigenvalue weighted by molar-refractivity contribution is -0.274. The molecule has 0 aliphatic heterocycles. The molecule has 0 spiro atoms. The summed E-state index contributed by atoms with van der Waals surface area (Å²) in [5.74, 6) is 0.843. The van der Waals surface area contributed by atoms with Crippen LogP contribution in [0.3, 0.4) is 0 Å². The van der Waals surface area contributed by atoms with Crippen molar-refractivity contribution in [3.63, 3.8) is 0 Å². The summed E-state index contributed by atoms with van der Waals surface area (Å²) in [6, 6.07) is 5.17. The highest BCUT2D eigenvalue weighted by molar-refractivity contribution is 5.58. The number of hydrogen-bond donors (Lipinski definition) is 1. The minimum atomic E-state index is -4.72. The maximum atomic E-state index is 12.1. The van der Waals surface area contributed by atoms with Gasteiger partial charge >= 0.3 is 6.36 Å². The van der Waals surface area contributed by atoms with Gasteiger partial charge in [-0.25, -0.2) is 4.98 Å². The molecule has 22 heavy (non-hydrogen) atoms. The van der Waals surface area contributed by atoms with Crippen LogP contribution in [0.1, 0.15) is 5.82 Å². The first-order valence-corrected chi connectivity index (χ1v) is 6.13. The second-order valence-electron chi connectivity index (χ2n) is 4.37. The van der Waals surface area contributed by atoms with Crippen LogP contribution >= 0.6 is 0 Å². The number of hydrogen-bond acceptors (Lipinski definition) is 5. The number of imidazole rings is 1. The van der Waals surface area contributed by atoms with Crippen molar-refractivity contribution in [3.05, 3.63) is 36.3 Å². The molecule has 0 fully saturated rings. The molecule has 2 heterocycles. The number of ether oxygens (including phenoxy) is 1. The molecule has 0 radical (unpaired) electrons. The second kappa shape index (κ2) is 5.17. The van der Waals surface area contributed by atoms with Crippen molar-refractivity contribution in [3.8, 4) is 28.7 Å². The predicted molar refractivity (Wildman–Crippen MR) is 68.7 cm³/mol. The van der Waals surface area contributed by atoms with Crippen LogP contribution in [0.25, 0.3) is 23.0 Å². The van der Waals surface area contributed by atoms with Crippen LogP contribution in [-0.4, -0.2) is 26.5 Å². The Kier molecular flexibility index (Phi) is 3.32. The summed E-state index contributed by atoms with van der Waals surface area (Å²) in [5.41, 5.74) is 0.991. The lowest BCUT2D eigenvalue weighted by atomic mass is 10.2. The number of alkyl halides is 3. The molecule has 0 saturated heterocycles. The van der Waals surface area contributed by atoms with E-state index in [-0.39, 0.29) is 17.5 Å². The first kappa shape index (κ1) is 14.1. The molecule has 0 saturated carbocycles. The number of H-pyrrole nitrogens is 1. The van der Waals surface area contributed by atoms with E-state index in [0.717, 1.165) is 0 Å². The summed E-state index contributed by atoms with van der Waals surface area (Å²) in [6.07, 6.45) is -3.11. The molecule has 0 atom stereocenters. The molecule has 9 heteroatoms. The number of aryl methyl sites for hydroxylation is 1. The number of rotatable bonds is 3. The van der Waals surface area contributed by atoms with Crippen LogP contribution < -0.4 is 4.74 Å². The number of aromatic nitrogens is 4. The van der Waals surface area contributed by atoms with E-state index in [1.165, 1.54) is 24.3 Å². The van der Waals surface area contributed by atoms with Gasteiger partial charge in [0.2, 0.25) is 5.82 Å². The Hall–Kier alpha value is -2.84. The summed E-state index contributed by atoms with van der Waals surface area (Å²) >= 11 is 0. The minimum Gasteiger partial charge on any atom is -0.406 e. The third kappa shape index (κ3) is 3.08. The van der Waals surface area contributed by atoms with Crippen LogP contribution in [0, 0.1) is 6.92 Å². The molecule has 0 bridgehead atoms. The van der Waals surface area contributed by atoms with Gasteiger partial charge in [0.1, 0.15) is 17.3 Å². The van der Waals surface area contributed by atoms with Crippen molar-refractivity contribution in [1.82, 2.24) is 20.1 Å². The average molecular weight is 310 g/mol. The topological polar surface area (TPSA) is 76.8 Å². The van der Waals surface area contributed by atoms with E-state index in [2.05, 4.69) is 24.8 Å². The lowest BCUT2D eigenvalue weighted by Gasteiger charge is -2.08. The highest BCUT2D eigenvalue weighted by atomic mass is 19.4. The van der Waals surface area contributed by atoms with Crippen LogP contribution in [0.15, 0.2) is 35.0 Å².